The third-order valence-corrected chi connectivity index (χ3v) is 2.95. The van der Waals surface area contributed by atoms with E-state index in [4.69, 9.17) is 0 Å². The van der Waals surface area contributed by atoms with E-state index in [9.17, 15) is 0 Å². The second-order valence-corrected chi connectivity index (χ2v) is 4.15. The number of hydrogen-bond donors (Lipinski definition) is 2. The monoisotopic (exact) mass is 193 g/mol. The molecule has 1 saturated heterocycles. The molecule has 0 aromatic carbocycles. The first-order valence-electron chi connectivity index (χ1n) is 5.62. The summed E-state index contributed by atoms with van der Waals surface area (Å²) in [6.45, 7) is 4.50. The summed E-state index contributed by atoms with van der Waals surface area (Å²) >= 11 is 0. The summed E-state index contributed by atoms with van der Waals surface area (Å²) in [5.41, 5.74) is 2.49. The van der Waals surface area contributed by atoms with Gasteiger partial charge in [0.25, 0.3) is 0 Å². The Labute approximate surface area is 85.3 Å². The summed E-state index contributed by atoms with van der Waals surface area (Å²) in [5.74, 6) is 0.800. The Bertz CT molecular complexity index is 274. The number of H-pyrrole nitrogens is 1. The molecule has 2 rings (SSSR count). The van der Waals surface area contributed by atoms with Gasteiger partial charge >= 0.3 is 0 Å². The van der Waals surface area contributed by atoms with E-state index in [1.54, 1.807) is 0 Å². The summed E-state index contributed by atoms with van der Waals surface area (Å²) in [6.07, 6.45) is 4.85. The van der Waals surface area contributed by atoms with Crippen LogP contribution in [0.4, 0.5) is 0 Å². The Hall–Kier alpha value is -0.830. The van der Waals surface area contributed by atoms with Crippen molar-refractivity contribution in [1.29, 1.82) is 0 Å². The van der Waals surface area contributed by atoms with Crippen LogP contribution in [0, 0.1) is 5.92 Å². The molecule has 1 unspecified atom stereocenters. The third kappa shape index (κ3) is 2.35. The quantitative estimate of drug-likeness (QED) is 0.764. The van der Waals surface area contributed by atoms with Crippen molar-refractivity contribution in [1.82, 2.24) is 15.5 Å². The van der Waals surface area contributed by atoms with E-state index in [2.05, 4.69) is 28.5 Å². The Kier molecular flexibility index (Phi) is 3.19. The highest BCUT2D eigenvalue weighted by atomic mass is 15.1. The van der Waals surface area contributed by atoms with Gasteiger partial charge in [0.15, 0.2) is 0 Å². The van der Waals surface area contributed by atoms with Crippen molar-refractivity contribution in [3.63, 3.8) is 0 Å². The fraction of sp³-hybridized carbons (Fsp3) is 0.727. The molecule has 0 saturated carbocycles. The largest absolute Gasteiger partial charge is 0.316 e. The Morgan fingerprint density at radius 3 is 3.14 bits per heavy atom. The SMILES string of the molecule is CCc1cc(CC2CCCNC2)[nH]n1. The average Bonchev–Trinajstić information content (AvgIpc) is 2.67. The van der Waals surface area contributed by atoms with Crippen LogP contribution in [0.25, 0.3) is 0 Å². The molecule has 1 fully saturated rings. The van der Waals surface area contributed by atoms with E-state index in [1.807, 2.05) is 0 Å². The number of aromatic amines is 1. The predicted octanol–water partition coefficient (Wildman–Crippen LogP) is 1.51. The van der Waals surface area contributed by atoms with Crippen LogP contribution in [0.3, 0.4) is 0 Å². The molecule has 0 aliphatic carbocycles. The summed E-state index contributed by atoms with van der Waals surface area (Å²) in [5, 5.41) is 10.8. The van der Waals surface area contributed by atoms with Crippen molar-refractivity contribution in [2.75, 3.05) is 13.1 Å². The van der Waals surface area contributed by atoms with Gasteiger partial charge in [0, 0.05) is 5.69 Å². The number of nitrogens with one attached hydrogen (secondary N) is 2. The number of nitrogens with zero attached hydrogens (tertiary/aromatic N) is 1. The highest BCUT2D eigenvalue weighted by Gasteiger charge is 2.14. The maximum atomic E-state index is 4.25. The zero-order valence-corrected chi connectivity index (χ0v) is 8.84. The van der Waals surface area contributed by atoms with Crippen LogP contribution in [0.2, 0.25) is 0 Å². The van der Waals surface area contributed by atoms with Crippen molar-refractivity contribution < 1.29 is 0 Å². The fourth-order valence-corrected chi connectivity index (χ4v) is 2.10. The Morgan fingerprint density at radius 1 is 1.57 bits per heavy atom. The van der Waals surface area contributed by atoms with Gasteiger partial charge in [-0.15, -0.1) is 0 Å². The van der Waals surface area contributed by atoms with Crippen LogP contribution < -0.4 is 5.32 Å². The van der Waals surface area contributed by atoms with Crippen molar-refractivity contribution in [3.05, 3.63) is 17.5 Å². The molecule has 1 aliphatic rings. The lowest BCUT2D eigenvalue weighted by Crippen LogP contribution is -2.30. The van der Waals surface area contributed by atoms with Crippen LogP contribution >= 0.6 is 0 Å². The van der Waals surface area contributed by atoms with Gasteiger partial charge in [-0.25, -0.2) is 0 Å². The van der Waals surface area contributed by atoms with Crippen molar-refractivity contribution >= 4 is 0 Å². The molecule has 1 atom stereocenters. The molecule has 2 heterocycles. The fourth-order valence-electron chi connectivity index (χ4n) is 2.10. The van der Waals surface area contributed by atoms with Gasteiger partial charge < -0.3 is 5.32 Å². The molecular weight excluding hydrogens is 174 g/mol. The summed E-state index contributed by atoms with van der Waals surface area (Å²) in [6, 6.07) is 2.20. The van der Waals surface area contributed by atoms with Crippen LogP contribution in [0.1, 0.15) is 31.2 Å². The second kappa shape index (κ2) is 4.60. The van der Waals surface area contributed by atoms with Gasteiger partial charge in [0.2, 0.25) is 0 Å². The molecule has 0 amide bonds. The lowest BCUT2D eigenvalue weighted by Gasteiger charge is -2.21. The molecule has 0 radical (unpaired) electrons. The van der Waals surface area contributed by atoms with Gasteiger partial charge in [0.05, 0.1) is 5.69 Å². The predicted molar refractivity (Wildman–Crippen MR) is 57.3 cm³/mol. The first-order valence-corrected chi connectivity index (χ1v) is 5.62. The van der Waals surface area contributed by atoms with E-state index in [-0.39, 0.29) is 0 Å². The maximum absolute atomic E-state index is 4.25. The molecular formula is C11H19N3. The molecule has 0 bridgehead atoms. The zero-order chi connectivity index (χ0) is 9.80. The van der Waals surface area contributed by atoms with Crippen LogP contribution in [0.15, 0.2) is 6.07 Å². The zero-order valence-electron chi connectivity index (χ0n) is 8.84. The van der Waals surface area contributed by atoms with E-state index in [1.165, 1.54) is 37.3 Å². The maximum Gasteiger partial charge on any atom is 0.0622 e. The van der Waals surface area contributed by atoms with Crippen molar-refractivity contribution in [2.24, 2.45) is 5.92 Å². The van der Waals surface area contributed by atoms with E-state index >= 15 is 0 Å². The summed E-state index contributed by atoms with van der Waals surface area (Å²) in [7, 11) is 0. The normalized spacial score (nSPS) is 22.5. The van der Waals surface area contributed by atoms with Gasteiger partial charge in [0.1, 0.15) is 0 Å². The topological polar surface area (TPSA) is 40.7 Å². The second-order valence-electron chi connectivity index (χ2n) is 4.15. The van der Waals surface area contributed by atoms with Crippen LogP contribution in [0.5, 0.6) is 0 Å². The molecule has 3 nitrogen and oxygen atoms in total. The molecule has 1 aromatic heterocycles. The Balaban J connectivity index is 1.89. The third-order valence-electron chi connectivity index (χ3n) is 2.95. The number of hydrogen-bond acceptors (Lipinski definition) is 2. The average molecular weight is 193 g/mol. The number of piperidine rings is 1. The van der Waals surface area contributed by atoms with Gasteiger partial charge in [-0.2, -0.15) is 5.10 Å². The van der Waals surface area contributed by atoms with Crippen molar-refractivity contribution in [2.45, 2.75) is 32.6 Å². The number of aromatic nitrogens is 2. The number of aryl methyl sites for hydroxylation is 1. The minimum atomic E-state index is 0.800. The van der Waals surface area contributed by atoms with E-state index in [0.717, 1.165) is 18.8 Å². The molecule has 3 heteroatoms. The Morgan fingerprint density at radius 2 is 2.50 bits per heavy atom. The molecule has 14 heavy (non-hydrogen) atoms. The molecule has 1 aliphatic heterocycles. The van der Waals surface area contributed by atoms with Crippen molar-refractivity contribution in [3.8, 4) is 0 Å². The van der Waals surface area contributed by atoms with E-state index < -0.39 is 0 Å². The number of rotatable bonds is 3. The van der Waals surface area contributed by atoms with Crippen LogP contribution in [-0.2, 0) is 12.8 Å². The summed E-state index contributed by atoms with van der Waals surface area (Å²) in [4.78, 5) is 0. The minimum Gasteiger partial charge on any atom is -0.316 e. The van der Waals surface area contributed by atoms with E-state index in [0.29, 0.717) is 0 Å². The highest BCUT2D eigenvalue weighted by molar-refractivity contribution is 5.09. The van der Waals surface area contributed by atoms with Gasteiger partial charge in [-0.05, 0) is 50.8 Å². The summed E-state index contributed by atoms with van der Waals surface area (Å²) < 4.78 is 0. The van der Waals surface area contributed by atoms with Gasteiger partial charge in [-0.3, -0.25) is 5.10 Å². The lowest BCUT2D eigenvalue weighted by atomic mass is 9.95. The molecule has 0 spiro atoms. The smallest absolute Gasteiger partial charge is 0.0622 e. The standard InChI is InChI=1S/C11H19N3/c1-2-10-7-11(14-13-10)6-9-4-3-5-12-8-9/h7,9,12H,2-6,8H2,1H3,(H,13,14). The first kappa shape index (κ1) is 9.71. The van der Waals surface area contributed by atoms with Crippen LogP contribution in [-0.4, -0.2) is 23.3 Å². The van der Waals surface area contributed by atoms with Gasteiger partial charge in [-0.1, -0.05) is 6.92 Å². The first-order chi connectivity index (χ1) is 6.88. The minimum absolute atomic E-state index is 0.800. The molecule has 2 N–H and O–H groups in total. The highest BCUT2D eigenvalue weighted by Crippen LogP contribution is 2.15. The molecule has 78 valence electrons. The molecule has 1 aromatic rings. The lowest BCUT2D eigenvalue weighted by molar-refractivity contribution is 0.373.